The van der Waals surface area contributed by atoms with Crippen LogP contribution in [0.1, 0.15) is 50.5 Å². The van der Waals surface area contributed by atoms with Gasteiger partial charge in [0, 0.05) is 11.6 Å². The molecule has 0 unspecified atom stereocenters. The lowest BCUT2D eigenvalue weighted by atomic mass is 9.78. The zero-order chi connectivity index (χ0) is 19.4. The quantitative estimate of drug-likeness (QED) is 0.789. The van der Waals surface area contributed by atoms with Crippen molar-refractivity contribution in [3.05, 3.63) is 42.1 Å². The zero-order valence-electron chi connectivity index (χ0n) is 16.1. The number of esters is 1. The third kappa shape index (κ3) is 4.56. The van der Waals surface area contributed by atoms with E-state index < -0.39 is 12.1 Å². The summed E-state index contributed by atoms with van der Waals surface area (Å²) in [7, 11) is 0. The molecule has 0 radical (unpaired) electrons. The first-order valence-electron chi connectivity index (χ1n) is 9.58. The number of amides is 1. The van der Waals surface area contributed by atoms with Crippen LogP contribution in [-0.4, -0.2) is 34.2 Å². The highest BCUT2D eigenvalue weighted by Crippen LogP contribution is 2.29. The lowest BCUT2D eigenvalue weighted by molar-refractivity contribution is -0.130. The molecule has 27 heavy (non-hydrogen) atoms. The van der Waals surface area contributed by atoms with E-state index in [-0.39, 0.29) is 17.6 Å². The second kappa shape index (κ2) is 8.37. The fourth-order valence-electron chi connectivity index (χ4n) is 3.55. The molecule has 1 saturated carbocycles. The Morgan fingerprint density at radius 3 is 2.70 bits per heavy atom. The van der Waals surface area contributed by atoms with Crippen molar-refractivity contribution in [2.75, 3.05) is 0 Å². The van der Waals surface area contributed by atoms with E-state index in [0.29, 0.717) is 17.5 Å². The predicted octanol–water partition coefficient (Wildman–Crippen LogP) is 3.56. The van der Waals surface area contributed by atoms with Gasteiger partial charge in [-0.3, -0.25) is 9.89 Å². The van der Waals surface area contributed by atoms with Crippen LogP contribution in [0.25, 0.3) is 11.3 Å². The fourth-order valence-corrected chi connectivity index (χ4v) is 3.55. The number of ether oxygens (including phenoxy) is 1. The number of aromatic amines is 1. The van der Waals surface area contributed by atoms with Gasteiger partial charge in [0.15, 0.2) is 6.10 Å². The van der Waals surface area contributed by atoms with E-state index in [9.17, 15) is 9.59 Å². The van der Waals surface area contributed by atoms with Gasteiger partial charge < -0.3 is 10.1 Å². The van der Waals surface area contributed by atoms with Crippen molar-refractivity contribution in [3.63, 3.8) is 0 Å². The molecular formula is C21H27N3O3. The van der Waals surface area contributed by atoms with E-state index in [2.05, 4.69) is 29.4 Å². The smallest absolute Gasteiger partial charge is 0.357 e. The van der Waals surface area contributed by atoms with Crippen LogP contribution in [-0.2, 0) is 9.53 Å². The molecule has 1 aromatic heterocycles. The summed E-state index contributed by atoms with van der Waals surface area (Å²) < 4.78 is 5.33. The van der Waals surface area contributed by atoms with E-state index in [1.807, 2.05) is 30.3 Å². The molecule has 0 spiro atoms. The van der Waals surface area contributed by atoms with Crippen LogP contribution >= 0.6 is 0 Å². The molecular weight excluding hydrogens is 342 g/mol. The molecule has 4 atom stereocenters. The largest absolute Gasteiger partial charge is 0.448 e. The Morgan fingerprint density at radius 1 is 1.22 bits per heavy atom. The molecule has 1 fully saturated rings. The van der Waals surface area contributed by atoms with Crippen LogP contribution in [0.4, 0.5) is 0 Å². The van der Waals surface area contributed by atoms with Crippen LogP contribution in [0.2, 0.25) is 0 Å². The summed E-state index contributed by atoms with van der Waals surface area (Å²) in [6.45, 7) is 5.98. The summed E-state index contributed by atoms with van der Waals surface area (Å²) in [5, 5.41) is 9.88. The number of hydrogen-bond donors (Lipinski definition) is 2. The molecule has 2 aromatic rings. The number of nitrogens with zero attached hydrogens (tertiary/aromatic N) is 1. The Labute approximate surface area is 159 Å². The zero-order valence-corrected chi connectivity index (χ0v) is 16.1. The second-order valence-electron chi connectivity index (χ2n) is 7.46. The van der Waals surface area contributed by atoms with Gasteiger partial charge in [0.2, 0.25) is 0 Å². The highest BCUT2D eigenvalue weighted by Gasteiger charge is 2.30. The van der Waals surface area contributed by atoms with E-state index in [1.54, 1.807) is 13.0 Å². The summed E-state index contributed by atoms with van der Waals surface area (Å²) in [5.74, 6) is 0.171. The van der Waals surface area contributed by atoms with Gasteiger partial charge in [-0.05, 0) is 31.2 Å². The van der Waals surface area contributed by atoms with Gasteiger partial charge >= 0.3 is 5.97 Å². The maximum Gasteiger partial charge on any atom is 0.357 e. The minimum absolute atomic E-state index is 0.138. The van der Waals surface area contributed by atoms with Crippen LogP contribution in [0.3, 0.4) is 0 Å². The maximum atomic E-state index is 12.4. The van der Waals surface area contributed by atoms with Crippen molar-refractivity contribution in [1.29, 1.82) is 0 Å². The first-order valence-corrected chi connectivity index (χ1v) is 9.58. The van der Waals surface area contributed by atoms with Gasteiger partial charge in [0.1, 0.15) is 5.69 Å². The van der Waals surface area contributed by atoms with E-state index in [1.165, 1.54) is 6.42 Å². The standard InChI is InChI=1S/C21H27N3O3/c1-13-8-7-11-17(14(13)2)22-20(25)15(3)27-21(26)19-12-18(23-24-19)16-9-5-4-6-10-16/h4-6,9-10,12-15,17H,7-8,11H2,1-3H3,(H,22,25)(H,23,24)/t13-,14-,15-,17-/m1/s1. The molecule has 1 aromatic carbocycles. The third-order valence-corrected chi connectivity index (χ3v) is 5.55. The summed E-state index contributed by atoms with van der Waals surface area (Å²) in [4.78, 5) is 24.8. The highest BCUT2D eigenvalue weighted by molar-refractivity contribution is 5.91. The SMILES string of the molecule is C[C@@H]1[C@H](C)CCC[C@H]1NC(=O)[C@@H](C)OC(=O)c1cc(-c2ccccc2)n[nH]1. The molecule has 144 valence electrons. The van der Waals surface area contributed by atoms with Crippen molar-refractivity contribution in [3.8, 4) is 11.3 Å². The average molecular weight is 369 g/mol. The Bertz CT molecular complexity index is 787. The molecule has 6 nitrogen and oxygen atoms in total. The third-order valence-electron chi connectivity index (χ3n) is 5.55. The molecule has 1 amide bonds. The first-order chi connectivity index (χ1) is 13.0. The summed E-state index contributed by atoms with van der Waals surface area (Å²) in [5.41, 5.74) is 1.79. The molecule has 6 heteroatoms. The normalized spacial score (nSPS) is 23.4. The number of H-pyrrole nitrogens is 1. The lowest BCUT2D eigenvalue weighted by Crippen LogP contribution is -2.47. The molecule has 1 aliphatic rings. The number of carbonyl (C=O) groups excluding carboxylic acids is 2. The van der Waals surface area contributed by atoms with E-state index in [0.717, 1.165) is 18.4 Å². The Hall–Kier alpha value is -2.63. The van der Waals surface area contributed by atoms with Gasteiger partial charge in [-0.2, -0.15) is 5.10 Å². The van der Waals surface area contributed by atoms with Crippen molar-refractivity contribution in [2.45, 2.75) is 52.2 Å². The Balaban J connectivity index is 1.57. The molecule has 3 rings (SSSR count). The van der Waals surface area contributed by atoms with Gasteiger partial charge in [0.05, 0.1) is 5.69 Å². The summed E-state index contributed by atoms with van der Waals surface area (Å²) >= 11 is 0. The Morgan fingerprint density at radius 2 is 1.96 bits per heavy atom. The molecule has 1 aliphatic carbocycles. The summed E-state index contributed by atoms with van der Waals surface area (Å²) in [6.07, 6.45) is 2.42. The lowest BCUT2D eigenvalue weighted by Gasteiger charge is -2.35. The molecule has 2 N–H and O–H groups in total. The molecule has 0 aliphatic heterocycles. The van der Waals surface area contributed by atoms with Gasteiger partial charge in [-0.15, -0.1) is 0 Å². The molecule has 0 bridgehead atoms. The van der Waals surface area contributed by atoms with Gasteiger partial charge in [0.25, 0.3) is 5.91 Å². The van der Waals surface area contributed by atoms with Crippen molar-refractivity contribution in [1.82, 2.24) is 15.5 Å². The monoisotopic (exact) mass is 369 g/mol. The van der Waals surface area contributed by atoms with Crippen molar-refractivity contribution >= 4 is 11.9 Å². The number of nitrogens with one attached hydrogen (secondary N) is 2. The highest BCUT2D eigenvalue weighted by atomic mass is 16.5. The van der Waals surface area contributed by atoms with E-state index in [4.69, 9.17) is 4.74 Å². The van der Waals surface area contributed by atoms with E-state index >= 15 is 0 Å². The minimum Gasteiger partial charge on any atom is -0.448 e. The van der Waals surface area contributed by atoms with Crippen LogP contribution < -0.4 is 5.32 Å². The second-order valence-corrected chi connectivity index (χ2v) is 7.46. The summed E-state index contributed by atoms with van der Waals surface area (Å²) in [6, 6.07) is 11.3. The van der Waals surface area contributed by atoms with Crippen LogP contribution in [0, 0.1) is 11.8 Å². The van der Waals surface area contributed by atoms with Crippen LogP contribution in [0.15, 0.2) is 36.4 Å². The first kappa shape index (κ1) is 19.1. The van der Waals surface area contributed by atoms with Crippen LogP contribution in [0.5, 0.6) is 0 Å². The van der Waals surface area contributed by atoms with Crippen molar-refractivity contribution < 1.29 is 14.3 Å². The molecule has 0 saturated heterocycles. The average Bonchev–Trinajstić information content (AvgIpc) is 3.16. The van der Waals surface area contributed by atoms with Gasteiger partial charge in [-0.25, -0.2) is 4.79 Å². The maximum absolute atomic E-state index is 12.4. The number of hydrogen-bond acceptors (Lipinski definition) is 4. The topological polar surface area (TPSA) is 84.1 Å². The Kier molecular flexibility index (Phi) is 5.94. The fraction of sp³-hybridized carbons (Fsp3) is 0.476. The predicted molar refractivity (Wildman–Crippen MR) is 103 cm³/mol. The number of rotatable bonds is 5. The number of carbonyl (C=O) groups is 2. The molecule has 1 heterocycles. The number of aromatic nitrogens is 2. The number of benzene rings is 1. The van der Waals surface area contributed by atoms with Gasteiger partial charge in [-0.1, -0.05) is 57.0 Å². The minimum atomic E-state index is -0.856. The van der Waals surface area contributed by atoms with Crippen molar-refractivity contribution in [2.24, 2.45) is 11.8 Å².